The van der Waals surface area contributed by atoms with Crippen LogP contribution < -0.4 is 9.47 Å². The van der Waals surface area contributed by atoms with Gasteiger partial charge in [-0.05, 0) is 67.1 Å². The summed E-state index contributed by atoms with van der Waals surface area (Å²) in [5.74, 6) is 1.89. The fourth-order valence-electron chi connectivity index (χ4n) is 2.46. The molecule has 23 heavy (non-hydrogen) atoms. The molecule has 0 bridgehead atoms. The van der Waals surface area contributed by atoms with Gasteiger partial charge in [-0.1, -0.05) is 41.9 Å². The molecular weight excluding hydrogens is 352 g/mol. The molecule has 0 saturated carbocycles. The van der Waals surface area contributed by atoms with Gasteiger partial charge in [0, 0.05) is 4.83 Å². The molecule has 0 aliphatic rings. The molecule has 2 aromatic carbocycles. The van der Waals surface area contributed by atoms with Crippen molar-refractivity contribution in [2.75, 3.05) is 13.2 Å². The Morgan fingerprint density at radius 1 is 0.870 bits per heavy atom. The van der Waals surface area contributed by atoms with Crippen LogP contribution in [0.5, 0.6) is 11.5 Å². The van der Waals surface area contributed by atoms with Crippen molar-refractivity contribution in [3.8, 4) is 11.5 Å². The Labute approximate surface area is 148 Å². The summed E-state index contributed by atoms with van der Waals surface area (Å²) < 4.78 is 11.6. The van der Waals surface area contributed by atoms with Gasteiger partial charge in [0.25, 0.3) is 0 Å². The highest BCUT2D eigenvalue weighted by molar-refractivity contribution is 9.09. The molecule has 0 spiro atoms. The van der Waals surface area contributed by atoms with E-state index in [-0.39, 0.29) is 0 Å². The topological polar surface area (TPSA) is 18.5 Å². The Kier molecular flexibility index (Phi) is 7.73. The minimum atomic E-state index is 0.646. The molecule has 2 nitrogen and oxygen atoms in total. The van der Waals surface area contributed by atoms with Gasteiger partial charge in [-0.25, -0.2) is 0 Å². The van der Waals surface area contributed by atoms with Crippen molar-refractivity contribution in [3.63, 3.8) is 0 Å². The van der Waals surface area contributed by atoms with Gasteiger partial charge >= 0.3 is 0 Å². The predicted molar refractivity (Wildman–Crippen MR) is 102 cm³/mol. The zero-order chi connectivity index (χ0) is 16.5. The maximum absolute atomic E-state index is 5.88. The maximum Gasteiger partial charge on any atom is 0.119 e. The molecule has 126 valence electrons. The quantitative estimate of drug-likeness (QED) is 0.354. The second-order valence-corrected chi connectivity index (χ2v) is 7.16. The molecule has 3 heteroatoms. The summed E-state index contributed by atoms with van der Waals surface area (Å²) in [5, 5.41) is 2.38. The van der Waals surface area contributed by atoms with Crippen LogP contribution in [0.25, 0.3) is 10.8 Å². The predicted octanol–water partition coefficient (Wildman–Crippen LogP) is 6.35. The van der Waals surface area contributed by atoms with Crippen LogP contribution in [0.2, 0.25) is 0 Å². The first-order valence-corrected chi connectivity index (χ1v) is 9.58. The third kappa shape index (κ3) is 6.06. The molecule has 0 heterocycles. The lowest BCUT2D eigenvalue weighted by Crippen LogP contribution is -2.00. The summed E-state index contributed by atoms with van der Waals surface area (Å²) in [7, 11) is 0. The molecule has 0 aliphatic heterocycles. The number of fused-ring (bicyclic) bond motifs is 1. The van der Waals surface area contributed by atoms with Gasteiger partial charge in [0.15, 0.2) is 0 Å². The normalized spacial score (nSPS) is 12.3. The van der Waals surface area contributed by atoms with Gasteiger partial charge in [-0.2, -0.15) is 0 Å². The molecule has 0 fully saturated rings. The Balaban J connectivity index is 1.85. The SMILES string of the molecule is CCCOc1ccc2cc(OCCCCC(Br)CC)ccc2c1. The van der Waals surface area contributed by atoms with E-state index < -0.39 is 0 Å². The number of hydrogen-bond acceptors (Lipinski definition) is 2. The van der Waals surface area contributed by atoms with E-state index in [1.54, 1.807) is 0 Å². The average Bonchev–Trinajstić information content (AvgIpc) is 2.59. The third-order valence-electron chi connectivity index (χ3n) is 3.88. The van der Waals surface area contributed by atoms with E-state index >= 15 is 0 Å². The van der Waals surface area contributed by atoms with Crippen LogP contribution >= 0.6 is 15.9 Å². The molecule has 0 amide bonds. The monoisotopic (exact) mass is 378 g/mol. The summed E-state index contributed by atoms with van der Waals surface area (Å²) in [6.45, 7) is 5.88. The van der Waals surface area contributed by atoms with E-state index in [4.69, 9.17) is 9.47 Å². The second-order valence-electron chi connectivity index (χ2n) is 5.87. The first-order valence-electron chi connectivity index (χ1n) is 8.66. The highest BCUT2D eigenvalue weighted by Gasteiger charge is 2.02. The molecule has 1 unspecified atom stereocenters. The van der Waals surface area contributed by atoms with Gasteiger partial charge in [-0.3, -0.25) is 0 Å². The van der Waals surface area contributed by atoms with Crippen molar-refractivity contribution < 1.29 is 9.47 Å². The maximum atomic E-state index is 5.88. The van der Waals surface area contributed by atoms with Crippen molar-refractivity contribution in [1.82, 2.24) is 0 Å². The highest BCUT2D eigenvalue weighted by Crippen LogP contribution is 2.25. The molecule has 0 aliphatic carbocycles. The van der Waals surface area contributed by atoms with Crippen LogP contribution in [0.3, 0.4) is 0 Å². The number of rotatable bonds is 10. The van der Waals surface area contributed by atoms with Crippen LogP contribution in [0, 0.1) is 0 Å². The summed E-state index contributed by atoms with van der Waals surface area (Å²) in [4.78, 5) is 0.646. The summed E-state index contributed by atoms with van der Waals surface area (Å²) in [6.07, 6.45) is 5.74. The largest absolute Gasteiger partial charge is 0.494 e. The Hall–Kier alpha value is -1.22. The number of halogens is 1. The second kappa shape index (κ2) is 9.82. The lowest BCUT2D eigenvalue weighted by molar-refractivity contribution is 0.305. The van der Waals surface area contributed by atoms with E-state index in [0.29, 0.717) is 4.83 Å². The van der Waals surface area contributed by atoms with Crippen molar-refractivity contribution >= 4 is 26.7 Å². The van der Waals surface area contributed by atoms with Crippen LogP contribution in [-0.2, 0) is 0 Å². The zero-order valence-corrected chi connectivity index (χ0v) is 15.8. The van der Waals surface area contributed by atoms with E-state index in [9.17, 15) is 0 Å². The lowest BCUT2D eigenvalue weighted by atomic mass is 10.1. The van der Waals surface area contributed by atoms with Gasteiger partial charge < -0.3 is 9.47 Å². The third-order valence-corrected chi connectivity index (χ3v) is 4.98. The average molecular weight is 379 g/mol. The standard InChI is InChI=1S/C20H27BrO2/c1-3-12-22-19-10-8-17-15-20(11-9-16(17)14-19)23-13-6-5-7-18(21)4-2/h8-11,14-15,18H,3-7,12-13H2,1-2H3. The minimum absolute atomic E-state index is 0.646. The molecule has 0 N–H and O–H groups in total. The number of alkyl halides is 1. The summed E-state index contributed by atoms with van der Waals surface area (Å²) in [6, 6.07) is 12.5. The number of hydrogen-bond donors (Lipinski definition) is 0. The summed E-state index contributed by atoms with van der Waals surface area (Å²) >= 11 is 3.67. The number of ether oxygens (including phenoxy) is 2. The smallest absolute Gasteiger partial charge is 0.119 e. The van der Waals surface area contributed by atoms with E-state index in [1.807, 2.05) is 12.1 Å². The molecule has 1 atom stereocenters. The van der Waals surface area contributed by atoms with Crippen molar-refractivity contribution in [2.45, 2.75) is 50.8 Å². The van der Waals surface area contributed by atoms with E-state index in [2.05, 4.69) is 54.0 Å². The van der Waals surface area contributed by atoms with Crippen molar-refractivity contribution in [3.05, 3.63) is 36.4 Å². The van der Waals surface area contributed by atoms with Crippen molar-refractivity contribution in [1.29, 1.82) is 0 Å². The Morgan fingerprint density at radius 2 is 1.48 bits per heavy atom. The van der Waals surface area contributed by atoms with Gasteiger partial charge in [0.1, 0.15) is 11.5 Å². The fraction of sp³-hybridized carbons (Fsp3) is 0.500. The Bertz CT molecular complexity index is 597. The van der Waals surface area contributed by atoms with Crippen LogP contribution in [0.15, 0.2) is 36.4 Å². The van der Waals surface area contributed by atoms with E-state index in [1.165, 1.54) is 30.0 Å². The van der Waals surface area contributed by atoms with E-state index in [0.717, 1.165) is 37.6 Å². The zero-order valence-electron chi connectivity index (χ0n) is 14.2. The van der Waals surface area contributed by atoms with Crippen molar-refractivity contribution in [2.24, 2.45) is 0 Å². The molecule has 0 aromatic heterocycles. The Morgan fingerprint density at radius 3 is 2.04 bits per heavy atom. The first kappa shape index (κ1) is 18.1. The number of benzene rings is 2. The lowest BCUT2D eigenvalue weighted by Gasteiger charge is -2.10. The molecule has 2 aromatic rings. The number of unbranched alkanes of at least 4 members (excludes halogenated alkanes) is 1. The molecule has 2 rings (SSSR count). The highest BCUT2D eigenvalue weighted by atomic mass is 79.9. The van der Waals surface area contributed by atoms with Crippen LogP contribution in [-0.4, -0.2) is 18.0 Å². The molecule has 0 radical (unpaired) electrons. The molecular formula is C20H27BrO2. The first-order chi connectivity index (χ1) is 11.2. The minimum Gasteiger partial charge on any atom is -0.494 e. The van der Waals surface area contributed by atoms with Crippen LogP contribution in [0.1, 0.15) is 46.0 Å². The fourth-order valence-corrected chi connectivity index (χ4v) is 2.79. The van der Waals surface area contributed by atoms with Gasteiger partial charge in [0.05, 0.1) is 13.2 Å². The van der Waals surface area contributed by atoms with Gasteiger partial charge in [-0.15, -0.1) is 0 Å². The van der Waals surface area contributed by atoms with Gasteiger partial charge in [0.2, 0.25) is 0 Å². The summed E-state index contributed by atoms with van der Waals surface area (Å²) in [5.41, 5.74) is 0. The van der Waals surface area contributed by atoms with Crippen LogP contribution in [0.4, 0.5) is 0 Å². The molecule has 0 saturated heterocycles.